The minimum absolute atomic E-state index is 0.258. The minimum Gasteiger partial charge on any atom is -0.392 e. The van der Waals surface area contributed by atoms with Gasteiger partial charge in [0.25, 0.3) is 0 Å². The lowest BCUT2D eigenvalue weighted by Gasteiger charge is -2.22. The van der Waals surface area contributed by atoms with Crippen molar-refractivity contribution in [2.24, 2.45) is 11.8 Å². The maximum absolute atomic E-state index is 10.3. The normalized spacial score (nSPS) is 26.1. The molecule has 1 saturated carbocycles. The van der Waals surface area contributed by atoms with Crippen LogP contribution in [0.25, 0.3) is 0 Å². The van der Waals surface area contributed by atoms with Crippen LogP contribution in [0.4, 0.5) is 0 Å². The highest BCUT2D eigenvalue weighted by Gasteiger charge is 2.29. The standard InChI is InChI=1S/C14H18BrClO/c1-9-3-2-4-12(9)14(17)7-10-5-6-11(15)8-13(10)16/h5-6,8-9,12,14,17H,2-4,7H2,1H3. The van der Waals surface area contributed by atoms with Crippen molar-refractivity contribution >= 4 is 27.5 Å². The van der Waals surface area contributed by atoms with Gasteiger partial charge in [0.05, 0.1) is 6.10 Å². The summed E-state index contributed by atoms with van der Waals surface area (Å²) in [6, 6.07) is 5.86. The quantitative estimate of drug-likeness (QED) is 0.873. The van der Waals surface area contributed by atoms with Gasteiger partial charge in [0, 0.05) is 15.9 Å². The first-order valence-electron chi connectivity index (χ1n) is 6.20. The van der Waals surface area contributed by atoms with Crippen LogP contribution < -0.4 is 0 Å². The monoisotopic (exact) mass is 316 g/mol. The Morgan fingerprint density at radius 3 is 2.82 bits per heavy atom. The lowest BCUT2D eigenvalue weighted by Crippen LogP contribution is -2.24. The third kappa shape index (κ3) is 3.24. The maximum Gasteiger partial charge on any atom is 0.0611 e. The van der Waals surface area contributed by atoms with Crippen LogP contribution in [-0.4, -0.2) is 11.2 Å². The molecule has 0 heterocycles. The van der Waals surface area contributed by atoms with Crippen LogP contribution in [0.5, 0.6) is 0 Å². The van der Waals surface area contributed by atoms with Gasteiger partial charge in [0.2, 0.25) is 0 Å². The molecule has 1 N–H and O–H groups in total. The minimum atomic E-state index is -0.258. The zero-order chi connectivity index (χ0) is 12.4. The predicted octanol–water partition coefficient (Wildman–Crippen LogP) is 4.44. The van der Waals surface area contributed by atoms with Gasteiger partial charge in [-0.2, -0.15) is 0 Å². The summed E-state index contributed by atoms with van der Waals surface area (Å²) >= 11 is 9.57. The molecule has 2 rings (SSSR count). The average Bonchev–Trinajstić information content (AvgIpc) is 2.68. The van der Waals surface area contributed by atoms with Gasteiger partial charge in [-0.1, -0.05) is 53.4 Å². The molecule has 0 aromatic heterocycles. The molecule has 0 amide bonds. The van der Waals surface area contributed by atoms with Crippen LogP contribution in [-0.2, 0) is 6.42 Å². The second kappa shape index (κ2) is 5.73. The van der Waals surface area contributed by atoms with E-state index < -0.39 is 0 Å². The Bertz CT molecular complexity index is 394. The number of aliphatic hydroxyl groups excluding tert-OH is 1. The summed E-state index contributed by atoms with van der Waals surface area (Å²) in [5.74, 6) is 1.08. The summed E-state index contributed by atoms with van der Waals surface area (Å²) in [6.07, 6.45) is 4.05. The lowest BCUT2D eigenvalue weighted by molar-refractivity contribution is 0.0902. The van der Waals surface area contributed by atoms with Crippen molar-refractivity contribution in [3.8, 4) is 0 Å². The van der Waals surface area contributed by atoms with Crippen LogP contribution >= 0.6 is 27.5 Å². The highest BCUT2D eigenvalue weighted by atomic mass is 79.9. The summed E-state index contributed by atoms with van der Waals surface area (Å²) in [4.78, 5) is 0. The van der Waals surface area contributed by atoms with E-state index in [1.54, 1.807) is 0 Å². The van der Waals surface area contributed by atoms with Gasteiger partial charge in [-0.3, -0.25) is 0 Å². The molecule has 3 atom stereocenters. The van der Waals surface area contributed by atoms with E-state index in [9.17, 15) is 5.11 Å². The Morgan fingerprint density at radius 2 is 2.24 bits per heavy atom. The Morgan fingerprint density at radius 1 is 1.47 bits per heavy atom. The molecule has 0 spiro atoms. The first-order chi connectivity index (χ1) is 8.08. The Kier molecular flexibility index (Phi) is 4.51. The lowest BCUT2D eigenvalue weighted by atomic mass is 9.88. The van der Waals surface area contributed by atoms with Crippen molar-refractivity contribution in [2.45, 2.75) is 38.7 Å². The molecule has 1 aliphatic carbocycles. The van der Waals surface area contributed by atoms with Gasteiger partial charge < -0.3 is 5.11 Å². The van der Waals surface area contributed by atoms with Crippen molar-refractivity contribution in [1.82, 2.24) is 0 Å². The van der Waals surface area contributed by atoms with Crippen LogP contribution in [0.15, 0.2) is 22.7 Å². The fraction of sp³-hybridized carbons (Fsp3) is 0.571. The molecule has 3 unspecified atom stereocenters. The van der Waals surface area contributed by atoms with Crippen LogP contribution in [0.2, 0.25) is 5.02 Å². The van der Waals surface area contributed by atoms with Crippen LogP contribution in [0, 0.1) is 11.8 Å². The van der Waals surface area contributed by atoms with E-state index in [4.69, 9.17) is 11.6 Å². The summed E-state index contributed by atoms with van der Waals surface area (Å²) in [7, 11) is 0. The molecule has 1 fully saturated rings. The van der Waals surface area contributed by atoms with Crippen molar-refractivity contribution in [3.05, 3.63) is 33.3 Å². The third-order valence-electron chi connectivity index (χ3n) is 3.87. The second-order valence-electron chi connectivity index (χ2n) is 5.08. The van der Waals surface area contributed by atoms with E-state index in [-0.39, 0.29) is 6.10 Å². The molecule has 0 radical (unpaired) electrons. The van der Waals surface area contributed by atoms with Crippen molar-refractivity contribution in [3.63, 3.8) is 0 Å². The maximum atomic E-state index is 10.3. The predicted molar refractivity (Wildman–Crippen MR) is 75.4 cm³/mol. The number of benzene rings is 1. The summed E-state index contributed by atoms with van der Waals surface area (Å²) < 4.78 is 0.981. The highest BCUT2D eigenvalue weighted by Crippen LogP contribution is 2.35. The van der Waals surface area contributed by atoms with Crippen LogP contribution in [0.1, 0.15) is 31.7 Å². The molecule has 94 valence electrons. The molecular weight excluding hydrogens is 300 g/mol. The molecule has 3 heteroatoms. The van der Waals surface area contributed by atoms with E-state index in [1.807, 2.05) is 18.2 Å². The fourth-order valence-corrected chi connectivity index (χ4v) is 3.56. The average molecular weight is 318 g/mol. The Labute approximate surface area is 116 Å². The summed E-state index contributed by atoms with van der Waals surface area (Å²) in [6.45, 7) is 2.24. The van der Waals surface area contributed by atoms with Crippen LogP contribution in [0.3, 0.4) is 0 Å². The Hall–Kier alpha value is -0.0500. The van der Waals surface area contributed by atoms with Gasteiger partial charge in [0.15, 0.2) is 0 Å². The zero-order valence-electron chi connectivity index (χ0n) is 10.00. The first kappa shape index (κ1) is 13.4. The van der Waals surface area contributed by atoms with Gasteiger partial charge in [-0.25, -0.2) is 0 Å². The smallest absolute Gasteiger partial charge is 0.0611 e. The molecule has 0 bridgehead atoms. The van der Waals surface area contributed by atoms with Gasteiger partial charge in [0.1, 0.15) is 0 Å². The summed E-state index contributed by atoms with van der Waals surface area (Å²) in [5.41, 5.74) is 1.04. The van der Waals surface area contributed by atoms with E-state index >= 15 is 0 Å². The molecule has 17 heavy (non-hydrogen) atoms. The van der Waals surface area contributed by atoms with E-state index in [0.717, 1.165) is 21.5 Å². The first-order valence-corrected chi connectivity index (χ1v) is 7.37. The van der Waals surface area contributed by atoms with Gasteiger partial charge >= 0.3 is 0 Å². The largest absolute Gasteiger partial charge is 0.392 e. The SMILES string of the molecule is CC1CCCC1C(O)Cc1ccc(Br)cc1Cl. The molecular formula is C14H18BrClO. The highest BCUT2D eigenvalue weighted by molar-refractivity contribution is 9.10. The number of halogens is 2. The molecule has 1 aromatic carbocycles. The molecule has 1 aliphatic rings. The number of hydrogen-bond acceptors (Lipinski definition) is 1. The van der Waals surface area contributed by atoms with Crippen molar-refractivity contribution in [1.29, 1.82) is 0 Å². The van der Waals surface area contributed by atoms with E-state index in [0.29, 0.717) is 18.3 Å². The van der Waals surface area contributed by atoms with Crippen molar-refractivity contribution < 1.29 is 5.11 Å². The van der Waals surface area contributed by atoms with Gasteiger partial charge in [-0.05, 0) is 36.0 Å². The van der Waals surface area contributed by atoms with E-state index in [1.165, 1.54) is 12.8 Å². The van der Waals surface area contributed by atoms with E-state index in [2.05, 4.69) is 22.9 Å². The topological polar surface area (TPSA) is 20.2 Å². The molecule has 1 aromatic rings. The second-order valence-corrected chi connectivity index (χ2v) is 6.40. The number of rotatable bonds is 3. The van der Waals surface area contributed by atoms with Gasteiger partial charge in [-0.15, -0.1) is 0 Å². The third-order valence-corrected chi connectivity index (χ3v) is 4.71. The number of hydrogen-bond donors (Lipinski definition) is 1. The fourth-order valence-electron chi connectivity index (χ4n) is 2.81. The zero-order valence-corrected chi connectivity index (χ0v) is 12.3. The Balaban J connectivity index is 2.04. The summed E-state index contributed by atoms with van der Waals surface area (Å²) in [5, 5.41) is 11.0. The van der Waals surface area contributed by atoms with Crippen molar-refractivity contribution in [2.75, 3.05) is 0 Å². The molecule has 0 aliphatic heterocycles. The number of aliphatic hydroxyl groups is 1. The molecule has 0 saturated heterocycles. The molecule has 1 nitrogen and oxygen atoms in total.